The van der Waals surface area contributed by atoms with Gasteiger partial charge in [-0.05, 0) is 61.7 Å². The van der Waals surface area contributed by atoms with Crippen LogP contribution in [0.5, 0.6) is 0 Å². The number of nitrogens with one attached hydrogen (secondary N) is 1. The van der Waals surface area contributed by atoms with Gasteiger partial charge < -0.3 is 9.88 Å². The molecule has 0 unspecified atom stereocenters. The fraction of sp³-hybridized carbons (Fsp3) is 0.462. The van der Waals surface area contributed by atoms with E-state index < -0.39 is 5.54 Å². The van der Waals surface area contributed by atoms with Crippen LogP contribution < -0.4 is 10.2 Å². The molecule has 2 aromatic heterocycles. The van der Waals surface area contributed by atoms with Crippen LogP contribution in [0.2, 0.25) is 0 Å². The molecular formula is C26H31N3O2S. The lowest BCUT2D eigenvalue weighted by molar-refractivity contribution is -0.128. The van der Waals surface area contributed by atoms with Crippen molar-refractivity contribution in [1.29, 1.82) is 0 Å². The maximum Gasteiger partial charge on any atom is 0.275 e. The van der Waals surface area contributed by atoms with E-state index >= 15 is 0 Å². The van der Waals surface area contributed by atoms with Gasteiger partial charge in [-0.25, -0.2) is 0 Å². The van der Waals surface area contributed by atoms with E-state index in [4.69, 9.17) is 0 Å². The number of hydrogen-bond donors (Lipinski definition) is 1. The van der Waals surface area contributed by atoms with E-state index in [1.807, 2.05) is 60.2 Å². The van der Waals surface area contributed by atoms with Crippen molar-refractivity contribution in [2.45, 2.75) is 65.1 Å². The monoisotopic (exact) mass is 449 g/mol. The second-order valence-corrected chi connectivity index (χ2v) is 10.8. The Hall–Kier alpha value is -2.60. The number of nitrogens with zero attached hydrogens (tertiary/aromatic N) is 2. The topological polar surface area (TPSA) is 54.3 Å². The Morgan fingerprint density at radius 1 is 1.16 bits per heavy atom. The summed E-state index contributed by atoms with van der Waals surface area (Å²) in [6.07, 6.45) is 3.34. The highest BCUT2D eigenvalue weighted by molar-refractivity contribution is 7.17. The van der Waals surface area contributed by atoms with Crippen molar-refractivity contribution >= 4 is 39.1 Å². The molecule has 1 aliphatic carbocycles. The summed E-state index contributed by atoms with van der Waals surface area (Å²) in [5.41, 5.74) is 2.54. The highest BCUT2D eigenvalue weighted by Gasteiger charge is 2.49. The molecule has 2 amide bonds. The van der Waals surface area contributed by atoms with Gasteiger partial charge in [-0.2, -0.15) is 0 Å². The van der Waals surface area contributed by atoms with Gasteiger partial charge in [-0.1, -0.05) is 44.4 Å². The van der Waals surface area contributed by atoms with E-state index in [2.05, 4.69) is 19.2 Å². The van der Waals surface area contributed by atoms with Crippen molar-refractivity contribution in [3.05, 3.63) is 53.0 Å². The van der Waals surface area contributed by atoms with Gasteiger partial charge in [0.2, 0.25) is 5.91 Å². The fourth-order valence-corrected chi connectivity index (χ4v) is 6.24. The average Bonchev–Trinajstić information content (AvgIpc) is 3.35. The SMILES string of the molecule is Cc1ccc(N2C(=O)c3cc4sccc4n3C[C@]2(C)C(=O)N[C@@H]2CCC[C@@H](C)[C@@H]2C)cc1. The van der Waals surface area contributed by atoms with Crippen LogP contribution in [0, 0.1) is 18.8 Å². The molecule has 4 atom stereocenters. The third-order valence-corrected chi connectivity index (χ3v) is 8.56. The van der Waals surface area contributed by atoms with E-state index in [0.29, 0.717) is 24.1 Å². The Kier molecular flexibility index (Phi) is 5.16. The zero-order valence-corrected chi connectivity index (χ0v) is 20.0. The van der Waals surface area contributed by atoms with Crippen LogP contribution in [0.1, 0.15) is 56.1 Å². The molecule has 5 nitrogen and oxygen atoms in total. The van der Waals surface area contributed by atoms with E-state index in [1.54, 1.807) is 16.2 Å². The van der Waals surface area contributed by atoms with Gasteiger partial charge in [0.1, 0.15) is 11.2 Å². The van der Waals surface area contributed by atoms with Gasteiger partial charge in [-0.3, -0.25) is 14.5 Å². The smallest absolute Gasteiger partial charge is 0.275 e. The van der Waals surface area contributed by atoms with Gasteiger partial charge >= 0.3 is 0 Å². The van der Waals surface area contributed by atoms with Gasteiger partial charge in [0.15, 0.2) is 0 Å². The molecule has 3 aromatic rings. The second kappa shape index (κ2) is 7.77. The Morgan fingerprint density at radius 2 is 1.91 bits per heavy atom. The molecule has 5 rings (SSSR count). The lowest BCUT2D eigenvalue weighted by Gasteiger charge is -2.45. The second-order valence-electron chi connectivity index (χ2n) is 9.88. The first-order chi connectivity index (χ1) is 15.3. The molecule has 1 N–H and O–H groups in total. The van der Waals surface area contributed by atoms with Crippen LogP contribution >= 0.6 is 11.3 Å². The lowest BCUT2D eigenvalue weighted by Crippen LogP contribution is -2.66. The van der Waals surface area contributed by atoms with Crippen molar-refractivity contribution in [3.8, 4) is 0 Å². The van der Waals surface area contributed by atoms with Crippen LogP contribution in [-0.2, 0) is 11.3 Å². The standard InChI is InChI=1S/C26H31N3O2S/c1-16-8-10-19(11-9-16)29-24(30)22-14-23-21(12-13-32-23)28(22)15-26(29,4)25(31)27-20-7-5-6-17(2)18(20)3/h8-14,17-18,20H,5-7,15H2,1-4H3,(H,27,31)/t17-,18+,20-,26-/m1/s1. The molecule has 1 aromatic carbocycles. The minimum absolute atomic E-state index is 0.0693. The summed E-state index contributed by atoms with van der Waals surface area (Å²) in [5, 5.41) is 5.40. The van der Waals surface area contributed by atoms with Crippen molar-refractivity contribution in [1.82, 2.24) is 9.88 Å². The Bertz CT molecular complexity index is 1180. The number of amides is 2. The third kappa shape index (κ3) is 3.27. The molecule has 1 fully saturated rings. The number of anilines is 1. The summed E-state index contributed by atoms with van der Waals surface area (Å²) in [4.78, 5) is 29.5. The predicted molar refractivity (Wildman–Crippen MR) is 130 cm³/mol. The molecule has 6 heteroatoms. The molecule has 0 bridgehead atoms. The highest BCUT2D eigenvalue weighted by atomic mass is 32.1. The Labute approximate surface area is 193 Å². The molecule has 1 aliphatic heterocycles. The van der Waals surface area contributed by atoms with Crippen molar-refractivity contribution in [2.24, 2.45) is 11.8 Å². The third-order valence-electron chi connectivity index (χ3n) is 7.71. The predicted octanol–water partition coefficient (Wildman–Crippen LogP) is 5.37. The molecule has 1 saturated carbocycles. The summed E-state index contributed by atoms with van der Waals surface area (Å²) in [6, 6.07) is 12.0. The molecule has 32 heavy (non-hydrogen) atoms. The Balaban J connectivity index is 1.57. The Morgan fingerprint density at radius 3 is 2.66 bits per heavy atom. The number of fused-ring (bicyclic) bond motifs is 3. The number of carbonyl (C=O) groups excluding carboxylic acids is 2. The number of rotatable bonds is 3. The van der Waals surface area contributed by atoms with E-state index in [-0.39, 0.29) is 17.9 Å². The maximum atomic E-state index is 13.9. The quantitative estimate of drug-likeness (QED) is 0.584. The molecule has 0 radical (unpaired) electrons. The van der Waals surface area contributed by atoms with Crippen LogP contribution in [0.3, 0.4) is 0 Å². The number of aryl methyl sites for hydroxylation is 1. The summed E-state index contributed by atoms with van der Waals surface area (Å²) in [6.45, 7) is 8.88. The number of thiophene rings is 1. The van der Waals surface area contributed by atoms with E-state index in [9.17, 15) is 9.59 Å². The van der Waals surface area contributed by atoms with Crippen LogP contribution in [0.15, 0.2) is 41.8 Å². The fourth-order valence-electron chi connectivity index (χ4n) is 5.42. The summed E-state index contributed by atoms with van der Waals surface area (Å²) < 4.78 is 3.11. The molecule has 2 aliphatic rings. The normalized spacial score (nSPS) is 28.1. The summed E-state index contributed by atoms with van der Waals surface area (Å²) >= 11 is 1.63. The number of aromatic nitrogens is 1. The molecule has 168 valence electrons. The highest BCUT2D eigenvalue weighted by Crippen LogP contribution is 2.38. The lowest BCUT2D eigenvalue weighted by atomic mass is 9.77. The number of hydrogen-bond acceptors (Lipinski definition) is 3. The number of benzene rings is 1. The minimum atomic E-state index is -1.02. The van der Waals surface area contributed by atoms with E-state index in [1.165, 1.54) is 6.42 Å². The minimum Gasteiger partial charge on any atom is -0.351 e. The van der Waals surface area contributed by atoms with E-state index in [0.717, 1.165) is 34.3 Å². The van der Waals surface area contributed by atoms with Gasteiger partial charge in [0.25, 0.3) is 5.91 Å². The van der Waals surface area contributed by atoms with Gasteiger partial charge in [0.05, 0.1) is 16.8 Å². The zero-order chi connectivity index (χ0) is 22.6. The van der Waals surface area contributed by atoms with Crippen LogP contribution in [0.25, 0.3) is 10.2 Å². The first kappa shape index (κ1) is 21.3. The largest absolute Gasteiger partial charge is 0.351 e. The first-order valence-corrected chi connectivity index (χ1v) is 12.5. The molecular weight excluding hydrogens is 418 g/mol. The first-order valence-electron chi connectivity index (χ1n) is 11.6. The van der Waals surface area contributed by atoms with Gasteiger partial charge in [-0.15, -0.1) is 11.3 Å². The summed E-state index contributed by atoms with van der Waals surface area (Å²) in [7, 11) is 0. The average molecular weight is 450 g/mol. The molecule has 0 spiro atoms. The van der Waals surface area contributed by atoms with Gasteiger partial charge in [0, 0.05) is 11.7 Å². The van der Waals surface area contributed by atoms with Crippen molar-refractivity contribution in [3.63, 3.8) is 0 Å². The van der Waals surface area contributed by atoms with Crippen LogP contribution in [-0.4, -0.2) is 28.0 Å². The molecule has 3 heterocycles. The molecule has 0 saturated heterocycles. The van der Waals surface area contributed by atoms with Crippen molar-refractivity contribution < 1.29 is 9.59 Å². The van der Waals surface area contributed by atoms with Crippen molar-refractivity contribution in [2.75, 3.05) is 4.90 Å². The summed E-state index contributed by atoms with van der Waals surface area (Å²) in [5.74, 6) is 0.824. The number of carbonyl (C=O) groups is 2. The maximum absolute atomic E-state index is 13.9. The zero-order valence-electron chi connectivity index (χ0n) is 19.2. The van der Waals surface area contributed by atoms with Crippen LogP contribution in [0.4, 0.5) is 5.69 Å².